The van der Waals surface area contributed by atoms with E-state index >= 15 is 0 Å². The van der Waals surface area contributed by atoms with Gasteiger partial charge in [0.25, 0.3) is 0 Å². The Morgan fingerprint density at radius 1 is 1.37 bits per heavy atom. The summed E-state index contributed by atoms with van der Waals surface area (Å²) in [4.78, 5) is 11.5. The third-order valence-electron chi connectivity index (χ3n) is 2.76. The molecule has 0 saturated heterocycles. The van der Waals surface area contributed by atoms with Crippen molar-refractivity contribution in [2.24, 2.45) is 0 Å². The fourth-order valence-electron chi connectivity index (χ4n) is 1.75. The van der Waals surface area contributed by atoms with Crippen molar-refractivity contribution < 1.29 is 14.3 Å². The molecule has 4 nitrogen and oxygen atoms in total. The van der Waals surface area contributed by atoms with Gasteiger partial charge in [-0.2, -0.15) is 0 Å². The van der Waals surface area contributed by atoms with Gasteiger partial charge in [-0.3, -0.25) is 0 Å². The van der Waals surface area contributed by atoms with Crippen LogP contribution in [-0.2, 0) is 16.1 Å². The molecule has 0 aliphatic heterocycles. The Bertz CT molecular complexity index is 404. The van der Waals surface area contributed by atoms with Crippen LogP contribution in [0, 0.1) is 6.92 Å². The van der Waals surface area contributed by atoms with Crippen LogP contribution in [0.5, 0.6) is 5.75 Å². The number of ether oxygens (including phenoxy) is 2. The second kappa shape index (κ2) is 8.53. The number of unbranched alkanes of at least 4 members (excludes halogenated alkanes) is 1. The normalized spacial score (nSPS) is 10.3. The first-order valence-corrected chi connectivity index (χ1v) is 6.70. The maximum Gasteiger partial charge on any atom is 0.344 e. The minimum absolute atomic E-state index is 0.0364. The molecule has 0 unspecified atom stereocenters. The number of nitrogens with one attached hydrogen (secondary N) is 1. The van der Waals surface area contributed by atoms with Gasteiger partial charge in [-0.05, 0) is 26.0 Å². The monoisotopic (exact) mass is 265 g/mol. The van der Waals surface area contributed by atoms with Gasteiger partial charge in [0.2, 0.25) is 0 Å². The van der Waals surface area contributed by atoms with E-state index in [9.17, 15) is 4.79 Å². The molecule has 1 aromatic rings. The summed E-state index contributed by atoms with van der Waals surface area (Å²) in [7, 11) is 1.88. The highest BCUT2D eigenvalue weighted by Gasteiger charge is 2.09. The summed E-state index contributed by atoms with van der Waals surface area (Å²) in [5.74, 6) is 0.455. The molecule has 19 heavy (non-hydrogen) atoms. The van der Waals surface area contributed by atoms with Gasteiger partial charge >= 0.3 is 5.97 Å². The summed E-state index contributed by atoms with van der Waals surface area (Å²) >= 11 is 0. The molecule has 1 N–H and O–H groups in total. The van der Waals surface area contributed by atoms with Crippen molar-refractivity contribution >= 4 is 5.97 Å². The molecule has 0 saturated carbocycles. The van der Waals surface area contributed by atoms with Gasteiger partial charge in [0.05, 0.1) is 6.61 Å². The second-order valence-corrected chi connectivity index (χ2v) is 4.46. The Hall–Kier alpha value is -1.55. The largest absolute Gasteiger partial charge is 0.481 e. The number of hydrogen-bond acceptors (Lipinski definition) is 4. The van der Waals surface area contributed by atoms with E-state index in [1.165, 1.54) is 0 Å². The summed E-state index contributed by atoms with van der Waals surface area (Å²) < 4.78 is 10.7. The number of esters is 1. The van der Waals surface area contributed by atoms with Gasteiger partial charge in [0.1, 0.15) is 5.75 Å². The van der Waals surface area contributed by atoms with Gasteiger partial charge in [-0.1, -0.05) is 31.5 Å². The number of carbonyl (C=O) groups is 1. The topological polar surface area (TPSA) is 47.6 Å². The van der Waals surface area contributed by atoms with Crippen molar-refractivity contribution in [1.29, 1.82) is 0 Å². The van der Waals surface area contributed by atoms with Gasteiger partial charge in [-0.25, -0.2) is 4.79 Å². The maximum atomic E-state index is 11.5. The fourth-order valence-corrected chi connectivity index (χ4v) is 1.75. The molecule has 0 aliphatic carbocycles. The van der Waals surface area contributed by atoms with E-state index in [4.69, 9.17) is 9.47 Å². The maximum absolute atomic E-state index is 11.5. The van der Waals surface area contributed by atoms with Crippen LogP contribution >= 0.6 is 0 Å². The molecular formula is C15H23NO3. The molecule has 0 aromatic heterocycles. The van der Waals surface area contributed by atoms with E-state index in [2.05, 4.69) is 12.2 Å². The lowest BCUT2D eigenvalue weighted by atomic mass is 10.1. The summed E-state index contributed by atoms with van der Waals surface area (Å²) in [5.41, 5.74) is 2.07. The first-order chi connectivity index (χ1) is 9.19. The molecule has 106 valence electrons. The Kier molecular flexibility index (Phi) is 6.97. The number of rotatable bonds is 8. The van der Waals surface area contributed by atoms with Crippen molar-refractivity contribution in [1.82, 2.24) is 5.32 Å². The van der Waals surface area contributed by atoms with Crippen LogP contribution in [0.25, 0.3) is 0 Å². The van der Waals surface area contributed by atoms with E-state index in [1.807, 2.05) is 32.2 Å². The molecular weight excluding hydrogens is 242 g/mol. The smallest absolute Gasteiger partial charge is 0.344 e. The first kappa shape index (κ1) is 15.5. The lowest BCUT2D eigenvalue weighted by molar-refractivity contribution is -0.146. The molecule has 0 heterocycles. The predicted octanol–water partition coefficient (Wildman–Crippen LogP) is 2.44. The average molecular weight is 265 g/mol. The zero-order valence-electron chi connectivity index (χ0n) is 12.0. The van der Waals surface area contributed by atoms with Crippen LogP contribution in [-0.4, -0.2) is 26.2 Å². The van der Waals surface area contributed by atoms with Crippen molar-refractivity contribution in [3.05, 3.63) is 29.3 Å². The number of carbonyl (C=O) groups excluding carboxylic acids is 1. The van der Waals surface area contributed by atoms with Gasteiger partial charge in [-0.15, -0.1) is 0 Å². The number of benzene rings is 1. The molecule has 1 aromatic carbocycles. The Labute approximate surface area is 115 Å². The molecule has 0 spiro atoms. The Morgan fingerprint density at radius 3 is 2.84 bits per heavy atom. The highest BCUT2D eigenvalue weighted by molar-refractivity contribution is 5.71. The number of hydrogen-bond donors (Lipinski definition) is 1. The van der Waals surface area contributed by atoms with Gasteiger partial charge < -0.3 is 14.8 Å². The van der Waals surface area contributed by atoms with E-state index < -0.39 is 0 Å². The second-order valence-electron chi connectivity index (χ2n) is 4.46. The summed E-state index contributed by atoms with van der Waals surface area (Å²) in [6, 6.07) is 5.94. The average Bonchev–Trinajstić information content (AvgIpc) is 2.39. The molecule has 4 heteroatoms. The van der Waals surface area contributed by atoms with Crippen LogP contribution < -0.4 is 10.1 Å². The zero-order chi connectivity index (χ0) is 14.1. The van der Waals surface area contributed by atoms with Gasteiger partial charge in [0.15, 0.2) is 6.61 Å². The van der Waals surface area contributed by atoms with Crippen molar-refractivity contribution in [3.63, 3.8) is 0 Å². The number of aryl methyl sites for hydroxylation is 1. The minimum atomic E-state index is -0.313. The van der Waals surface area contributed by atoms with Gasteiger partial charge in [0, 0.05) is 12.1 Å². The molecule has 1 rings (SSSR count). The lowest BCUT2D eigenvalue weighted by Gasteiger charge is -2.13. The van der Waals surface area contributed by atoms with Crippen LogP contribution in [0.3, 0.4) is 0 Å². The standard InChI is InChI=1S/C15H23NO3/c1-4-5-9-18-14(17)11-19-15-12(2)7-6-8-13(15)10-16-3/h6-8,16H,4-5,9-11H2,1-3H3. The first-order valence-electron chi connectivity index (χ1n) is 6.70. The molecule has 0 amide bonds. The molecule has 0 atom stereocenters. The SMILES string of the molecule is CCCCOC(=O)COc1c(C)cccc1CNC. The highest BCUT2D eigenvalue weighted by atomic mass is 16.6. The predicted molar refractivity (Wildman–Crippen MR) is 75.3 cm³/mol. The van der Waals surface area contributed by atoms with Crippen molar-refractivity contribution in [2.75, 3.05) is 20.3 Å². The summed E-state index contributed by atoms with van der Waals surface area (Å²) in [6.07, 6.45) is 1.90. The van der Waals surface area contributed by atoms with Crippen LogP contribution in [0.2, 0.25) is 0 Å². The van der Waals surface area contributed by atoms with Crippen LogP contribution in [0.4, 0.5) is 0 Å². The van der Waals surface area contributed by atoms with E-state index in [0.717, 1.165) is 29.7 Å². The Balaban J connectivity index is 2.54. The molecule has 0 radical (unpaired) electrons. The molecule has 0 aliphatic rings. The number of para-hydroxylation sites is 1. The van der Waals surface area contributed by atoms with E-state index in [-0.39, 0.29) is 12.6 Å². The summed E-state index contributed by atoms with van der Waals surface area (Å²) in [6.45, 7) is 5.17. The zero-order valence-corrected chi connectivity index (χ0v) is 12.0. The van der Waals surface area contributed by atoms with Crippen LogP contribution in [0.1, 0.15) is 30.9 Å². The summed E-state index contributed by atoms with van der Waals surface area (Å²) in [5, 5.41) is 3.08. The van der Waals surface area contributed by atoms with E-state index in [0.29, 0.717) is 13.2 Å². The molecule has 0 fully saturated rings. The quantitative estimate of drug-likeness (QED) is 0.579. The van der Waals surface area contributed by atoms with E-state index in [1.54, 1.807) is 0 Å². The third kappa shape index (κ3) is 5.30. The lowest BCUT2D eigenvalue weighted by Crippen LogP contribution is -2.17. The minimum Gasteiger partial charge on any atom is -0.481 e. The van der Waals surface area contributed by atoms with Crippen molar-refractivity contribution in [3.8, 4) is 5.75 Å². The fraction of sp³-hybridized carbons (Fsp3) is 0.533. The van der Waals surface area contributed by atoms with Crippen molar-refractivity contribution in [2.45, 2.75) is 33.2 Å². The third-order valence-corrected chi connectivity index (χ3v) is 2.76. The molecule has 0 bridgehead atoms. The van der Waals surface area contributed by atoms with Crippen LogP contribution in [0.15, 0.2) is 18.2 Å². The Morgan fingerprint density at radius 2 is 2.16 bits per heavy atom. The highest BCUT2D eigenvalue weighted by Crippen LogP contribution is 2.23.